The summed E-state index contributed by atoms with van der Waals surface area (Å²) < 4.78 is 34.0. The molecule has 1 atom stereocenters. The summed E-state index contributed by atoms with van der Waals surface area (Å²) in [5, 5.41) is -0.926. The van der Waals surface area contributed by atoms with Gasteiger partial charge in [-0.05, 0) is 6.92 Å². The van der Waals surface area contributed by atoms with E-state index in [9.17, 15) is 13.2 Å². The molecule has 0 aromatic heterocycles. The van der Waals surface area contributed by atoms with E-state index in [4.69, 9.17) is 4.55 Å². The first-order valence-electron chi connectivity index (χ1n) is 3.63. The number of carbonyl (C=O) groups excluding carboxylic acids is 1. The predicted molar refractivity (Wildman–Crippen MR) is 47.9 cm³/mol. The maximum absolute atomic E-state index is 10.5. The molecule has 0 amide bonds. The topological polar surface area (TPSA) is 80.7 Å². The molecule has 0 aliphatic carbocycles. The van der Waals surface area contributed by atoms with Gasteiger partial charge in [-0.3, -0.25) is 4.55 Å². The number of esters is 1. The molecule has 0 aromatic carbocycles. The minimum Gasteiger partial charge on any atom is -1.00 e. The quantitative estimate of drug-likeness (QED) is 0.245. The Bertz CT molecular complexity index is 290. The number of hydrogen-bond acceptors (Lipinski definition) is 4. The van der Waals surface area contributed by atoms with Crippen molar-refractivity contribution in [2.45, 2.75) is 18.6 Å². The first-order valence-corrected chi connectivity index (χ1v) is 5.13. The van der Waals surface area contributed by atoms with Crippen LogP contribution in [0.1, 0.15) is 14.8 Å². The Balaban J connectivity index is -0.000000720. The Hall–Kier alpha value is 0.120. The van der Waals surface area contributed by atoms with E-state index in [0.29, 0.717) is 0 Å². The van der Waals surface area contributed by atoms with E-state index < -0.39 is 21.3 Å². The van der Waals surface area contributed by atoms with Crippen molar-refractivity contribution < 1.29 is 53.5 Å². The van der Waals surface area contributed by atoms with Crippen molar-refractivity contribution in [3.05, 3.63) is 12.7 Å². The third-order valence-corrected chi connectivity index (χ3v) is 2.70. The van der Waals surface area contributed by atoms with Crippen LogP contribution in [0.15, 0.2) is 12.7 Å². The molecule has 0 heterocycles. The standard InChI is InChI=1S/C7H12O5S.Na.H/c1-3-7(8)12-5-4-6(2)13(9,10)11;;/h3,6H,1,4-5H2,2H3,(H,9,10,11);;/q;+1;-1. The van der Waals surface area contributed by atoms with Crippen LogP contribution in [0.25, 0.3) is 0 Å². The zero-order chi connectivity index (χ0) is 10.5. The predicted octanol–water partition coefficient (Wildman–Crippen LogP) is -2.50. The van der Waals surface area contributed by atoms with Crippen LogP contribution in [-0.4, -0.2) is 30.8 Å². The second-order valence-corrected chi connectivity index (χ2v) is 4.32. The fourth-order valence-electron chi connectivity index (χ4n) is 0.533. The number of rotatable bonds is 5. The van der Waals surface area contributed by atoms with Gasteiger partial charge in [0.2, 0.25) is 0 Å². The van der Waals surface area contributed by atoms with E-state index in [1.165, 1.54) is 6.92 Å². The third kappa shape index (κ3) is 7.52. The van der Waals surface area contributed by atoms with Gasteiger partial charge in [0.25, 0.3) is 10.1 Å². The largest absolute Gasteiger partial charge is 1.00 e. The fourth-order valence-corrected chi connectivity index (χ4v) is 0.927. The van der Waals surface area contributed by atoms with Gasteiger partial charge in [-0.1, -0.05) is 6.58 Å². The van der Waals surface area contributed by atoms with Crippen molar-refractivity contribution in [2.75, 3.05) is 6.61 Å². The zero-order valence-electron chi connectivity index (χ0n) is 9.26. The molecule has 1 N–H and O–H groups in total. The summed E-state index contributed by atoms with van der Waals surface area (Å²) in [6, 6.07) is 0. The van der Waals surface area contributed by atoms with Crippen molar-refractivity contribution >= 4 is 16.1 Å². The van der Waals surface area contributed by atoms with Crippen LogP contribution in [0.4, 0.5) is 0 Å². The van der Waals surface area contributed by atoms with Crippen molar-refractivity contribution in [1.82, 2.24) is 0 Å². The Kier molecular flexibility index (Phi) is 8.77. The Morgan fingerprint density at radius 1 is 1.71 bits per heavy atom. The van der Waals surface area contributed by atoms with Gasteiger partial charge in [0.05, 0.1) is 11.9 Å². The summed E-state index contributed by atoms with van der Waals surface area (Å²) in [5.74, 6) is -0.609. The molecule has 0 saturated heterocycles. The molecule has 0 aliphatic rings. The Morgan fingerprint density at radius 2 is 2.21 bits per heavy atom. The normalized spacial score (nSPS) is 12.4. The molecule has 5 nitrogen and oxygen atoms in total. The second-order valence-electron chi connectivity index (χ2n) is 2.49. The first-order chi connectivity index (χ1) is 5.88. The molecule has 0 aromatic rings. The smallest absolute Gasteiger partial charge is 1.00 e. The van der Waals surface area contributed by atoms with Gasteiger partial charge in [-0.25, -0.2) is 4.79 Å². The first kappa shape index (κ1) is 16.5. The average Bonchev–Trinajstić information content (AvgIpc) is 2.02. The number of hydrogen-bond donors (Lipinski definition) is 1. The summed E-state index contributed by atoms with van der Waals surface area (Å²) in [6.07, 6.45) is 1.05. The summed E-state index contributed by atoms with van der Waals surface area (Å²) >= 11 is 0. The summed E-state index contributed by atoms with van der Waals surface area (Å²) in [4.78, 5) is 10.5. The van der Waals surface area contributed by atoms with Gasteiger partial charge in [-0.2, -0.15) is 8.42 Å². The second kappa shape index (κ2) is 7.42. The van der Waals surface area contributed by atoms with Crippen LogP contribution in [0.3, 0.4) is 0 Å². The molecular weight excluding hydrogens is 219 g/mol. The minimum absolute atomic E-state index is 0. The van der Waals surface area contributed by atoms with E-state index >= 15 is 0 Å². The van der Waals surface area contributed by atoms with Crippen LogP contribution in [0, 0.1) is 0 Å². The van der Waals surface area contributed by atoms with Crippen LogP contribution in [0.5, 0.6) is 0 Å². The van der Waals surface area contributed by atoms with E-state index in [1.807, 2.05) is 0 Å². The Morgan fingerprint density at radius 3 is 2.57 bits per heavy atom. The van der Waals surface area contributed by atoms with Crippen molar-refractivity contribution in [2.24, 2.45) is 0 Å². The zero-order valence-corrected chi connectivity index (χ0v) is 11.1. The molecule has 78 valence electrons. The maximum atomic E-state index is 10.5. The fraction of sp³-hybridized carbons (Fsp3) is 0.571. The molecule has 0 spiro atoms. The summed E-state index contributed by atoms with van der Waals surface area (Å²) in [5.41, 5.74) is 0. The van der Waals surface area contributed by atoms with Gasteiger partial charge >= 0.3 is 35.5 Å². The van der Waals surface area contributed by atoms with Gasteiger partial charge in [0, 0.05) is 12.5 Å². The number of ether oxygens (including phenoxy) is 1. The van der Waals surface area contributed by atoms with Crippen LogP contribution >= 0.6 is 0 Å². The Labute approximate surface area is 107 Å². The van der Waals surface area contributed by atoms with Gasteiger partial charge < -0.3 is 6.16 Å². The van der Waals surface area contributed by atoms with Crippen LogP contribution in [-0.2, 0) is 19.6 Å². The molecule has 0 aliphatic heterocycles. The summed E-state index contributed by atoms with van der Waals surface area (Å²) in [6.45, 7) is 4.45. The molecule has 1 unspecified atom stereocenters. The molecule has 0 fully saturated rings. The van der Waals surface area contributed by atoms with Crippen molar-refractivity contribution in [3.8, 4) is 0 Å². The molecule has 0 bridgehead atoms. The molecule has 7 heteroatoms. The van der Waals surface area contributed by atoms with E-state index in [1.54, 1.807) is 0 Å². The van der Waals surface area contributed by atoms with Crippen molar-refractivity contribution in [1.29, 1.82) is 0 Å². The molecule has 14 heavy (non-hydrogen) atoms. The third-order valence-electron chi connectivity index (χ3n) is 1.44. The molecule has 0 rings (SSSR count). The maximum Gasteiger partial charge on any atom is 1.00 e. The van der Waals surface area contributed by atoms with E-state index in [2.05, 4.69) is 11.3 Å². The van der Waals surface area contributed by atoms with Gasteiger partial charge in [0.15, 0.2) is 0 Å². The summed E-state index contributed by atoms with van der Waals surface area (Å²) in [7, 11) is -4.02. The minimum atomic E-state index is -4.02. The van der Waals surface area contributed by atoms with Crippen LogP contribution in [0.2, 0.25) is 0 Å². The molecule has 0 saturated carbocycles. The van der Waals surface area contributed by atoms with Gasteiger partial charge in [-0.15, -0.1) is 0 Å². The van der Waals surface area contributed by atoms with Gasteiger partial charge in [0.1, 0.15) is 0 Å². The molecular formula is C7H13NaO5S. The van der Waals surface area contributed by atoms with E-state index in [0.717, 1.165) is 6.08 Å². The van der Waals surface area contributed by atoms with Crippen LogP contribution < -0.4 is 29.6 Å². The monoisotopic (exact) mass is 232 g/mol. The number of carbonyl (C=O) groups is 1. The van der Waals surface area contributed by atoms with E-state index in [-0.39, 0.29) is 44.0 Å². The SMILES string of the molecule is C=CC(=O)OCCC(C)S(=O)(=O)O.[H-].[Na+]. The van der Waals surface area contributed by atoms with Crippen molar-refractivity contribution in [3.63, 3.8) is 0 Å². The average molecular weight is 232 g/mol. The molecule has 0 radical (unpaired) electrons.